The van der Waals surface area contributed by atoms with Gasteiger partial charge in [-0.15, -0.1) is 4.36 Å². The maximum atomic E-state index is 10.5. The number of hydrogen-bond acceptors (Lipinski definition) is 6. The van der Waals surface area contributed by atoms with Gasteiger partial charge in [0.05, 0.1) is 25.2 Å². The molecule has 0 aromatic rings. The molecular formula is C10H13N3O4S. The van der Waals surface area contributed by atoms with Gasteiger partial charge in [-0.1, -0.05) is 0 Å². The Morgan fingerprint density at radius 2 is 2.17 bits per heavy atom. The summed E-state index contributed by atoms with van der Waals surface area (Å²) in [5.74, 6) is -0.328. The standard InChI is InChI=1S/C10H13N3O4S/c11-10(12-18(14)15)9-8(2-1-5-17-9)13-3-6-16-7-4-13/h1-2,5,9,11H,3-4,6-7H2. The van der Waals surface area contributed by atoms with Crippen LogP contribution in [0.15, 0.2) is 28.5 Å². The minimum atomic E-state index is -2.64. The third-order valence-electron chi connectivity index (χ3n) is 2.63. The molecule has 8 heteroatoms. The highest BCUT2D eigenvalue weighted by molar-refractivity contribution is 7.62. The number of nitrogens with zero attached hydrogens (tertiary/aromatic N) is 2. The summed E-state index contributed by atoms with van der Waals surface area (Å²) in [6, 6.07) is 0. The average molecular weight is 271 g/mol. The highest BCUT2D eigenvalue weighted by atomic mass is 32.2. The van der Waals surface area contributed by atoms with E-state index in [1.165, 1.54) is 6.26 Å². The summed E-state index contributed by atoms with van der Waals surface area (Å²) in [5, 5.41) is 7.65. The molecule has 7 nitrogen and oxygen atoms in total. The van der Waals surface area contributed by atoms with E-state index < -0.39 is 16.6 Å². The van der Waals surface area contributed by atoms with E-state index in [9.17, 15) is 8.42 Å². The Hall–Kier alpha value is -1.67. The molecular weight excluding hydrogens is 258 g/mol. The Morgan fingerprint density at radius 1 is 1.44 bits per heavy atom. The first-order valence-electron chi connectivity index (χ1n) is 5.43. The van der Waals surface area contributed by atoms with Gasteiger partial charge in [0.1, 0.15) is 0 Å². The molecule has 2 aliphatic rings. The van der Waals surface area contributed by atoms with E-state index in [1.54, 1.807) is 12.2 Å². The molecule has 2 aliphatic heterocycles. The van der Waals surface area contributed by atoms with Crippen LogP contribution in [0.5, 0.6) is 0 Å². The van der Waals surface area contributed by atoms with Gasteiger partial charge in [-0.2, -0.15) is 8.42 Å². The van der Waals surface area contributed by atoms with Crippen LogP contribution in [0.4, 0.5) is 0 Å². The van der Waals surface area contributed by atoms with E-state index in [4.69, 9.17) is 14.9 Å². The molecule has 0 radical (unpaired) electrons. The number of amidine groups is 1. The molecule has 2 rings (SSSR count). The van der Waals surface area contributed by atoms with Crippen molar-refractivity contribution in [3.8, 4) is 0 Å². The number of allylic oxidation sites excluding steroid dienone is 2. The molecule has 18 heavy (non-hydrogen) atoms. The largest absolute Gasteiger partial charge is 0.484 e. The first-order valence-corrected chi connectivity index (χ1v) is 6.46. The topological polar surface area (TPSA) is 92.0 Å². The molecule has 0 aromatic heterocycles. The van der Waals surface area contributed by atoms with Crippen molar-refractivity contribution >= 4 is 16.3 Å². The lowest BCUT2D eigenvalue weighted by Gasteiger charge is -2.34. The molecule has 0 spiro atoms. The van der Waals surface area contributed by atoms with Crippen LogP contribution in [-0.2, 0) is 20.0 Å². The van der Waals surface area contributed by atoms with E-state index in [-0.39, 0.29) is 5.84 Å². The molecule has 1 atom stereocenters. The minimum Gasteiger partial charge on any atom is -0.484 e. The number of nitrogens with one attached hydrogen (secondary N) is 1. The summed E-state index contributed by atoms with van der Waals surface area (Å²) in [4.78, 5) is 2.01. The fraction of sp³-hybridized carbons (Fsp3) is 0.500. The molecule has 1 N–H and O–H groups in total. The van der Waals surface area contributed by atoms with Gasteiger partial charge in [-0.3, -0.25) is 5.41 Å². The first-order chi connectivity index (χ1) is 8.68. The normalized spacial score (nSPS) is 23.0. The predicted octanol–water partition coefficient (Wildman–Crippen LogP) is 0.155. The van der Waals surface area contributed by atoms with Crippen molar-refractivity contribution < 1.29 is 17.9 Å². The molecule has 1 unspecified atom stereocenters. The van der Waals surface area contributed by atoms with Crippen LogP contribution < -0.4 is 0 Å². The SMILES string of the molecule is N=C(N=S(=O)=O)C1OC=CC=C1N1CCOCC1. The van der Waals surface area contributed by atoms with Crippen LogP contribution >= 0.6 is 0 Å². The molecule has 98 valence electrons. The van der Waals surface area contributed by atoms with Crippen molar-refractivity contribution in [3.05, 3.63) is 24.1 Å². The lowest BCUT2D eigenvalue weighted by Crippen LogP contribution is -2.42. The Morgan fingerprint density at radius 3 is 2.83 bits per heavy atom. The molecule has 0 bridgehead atoms. The molecule has 0 saturated carbocycles. The summed E-state index contributed by atoms with van der Waals surface area (Å²) in [6.07, 6.45) is 4.16. The number of morpholine rings is 1. The van der Waals surface area contributed by atoms with Crippen molar-refractivity contribution in [1.82, 2.24) is 4.90 Å². The molecule has 2 heterocycles. The smallest absolute Gasteiger partial charge is 0.317 e. The summed E-state index contributed by atoms with van der Waals surface area (Å²) in [5.41, 5.74) is 0.736. The van der Waals surface area contributed by atoms with Crippen LogP contribution in [0.2, 0.25) is 0 Å². The highest BCUT2D eigenvalue weighted by Gasteiger charge is 2.27. The van der Waals surface area contributed by atoms with Gasteiger partial charge >= 0.3 is 10.5 Å². The van der Waals surface area contributed by atoms with E-state index in [0.29, 0.717) is 26.3 Å². The monoisotopic (exact) mass is 271 g/mol. The average Bonchev–Trinajstić information content (AvgIpc) is 2.39. The molecule has 0 aromatic carbocycles. The number of hydrogen-bond donors (Lipinski definition) is 1. The van der Waals surface area contributed by atoms with Gasteiger partial charge in [0, 0.05) is 13.1 Å². The van der Waals surface area contributed by atoms with Crippen LogP contribution in [0, 0.1) is 5.41 Å². The molecule has 0 amide bonds. The second-order valence-electron chi connectivity index (χ2n) is 3.73. The van der Waals surface area contributed by atoms with E-state index in [0.717, 1.165) is 5.70 Å². The molecule has 0 aliphatic carbocycles. The fourth-order valence-electron chi connectivity index (χ4n) is 1.84. The fourth-order valence-corrected chi connectivity index (χ4v) is 2.10. The first kappa shape index (κ1) is 12.8. The maximum Gasteiger partial charge on any atom is 0.317 e. The van der Waals surface area contributed by atoms with Crippen LogP contribution in [0.1, 0.15) is 0 Å². The summed E-state index contributed by atoms with van der Waals surface area (Å²) in [6.45, 7) is 2.58. The van der Waals surface area contributed by atoms with Crippen molar-refractivity contribution in [2.75, 3.05) is 26.3 Å². The minimum absolute atomic E-state index is 0.328. The lowest BCUT2D eigenvalue weighted by molar-refractivity contribution is 0.0425. The van der Waals surface area contributed by atoms with Gasteiger partial charge in [0.2, 0.25) is 0 Å². The summed E-state index contributed by atoms with van der Waals surface area (Å²) in [7, 11) is -2.64. The van der Waals surface area contributed by atoms with Crippen molar-refractivity contribution in [2.45, 2.75) is 6.10 Å². The zero-order valence-electron chi connectivity index (χ0n) is 9.57. The Balaban J connectivity index is 2.19. The van der Waals surface area contributed by atoms with Crippen LogP contribution in [0.25, 0.3) is 0 Å². The Labute approximate surface area is 106 Å². The second-order valence-corrected chi connectivity index (χ2v) is 4.35. The Kier molecular flexibility index (Phi) is 4.11. The summed E-state index contributed by atoms with van der Waals surface area (Å²) >= 11 is 0. The number of ether oxygens (including phenoxy) is 2. The quantitative estimate of drug-likeness (QED) is 0.570. The van der Waals surface area contributed by atoms with E-state index >= 15 is 0 Å². The van der Waals surface area contributed by atoms with Crippen molar-refractivity contribution in [1.29, 1.82) is 5.41 Å². The number of rotatable bonds is 2. The molecule has 1 saturated heterocycles. The molecule has 1 fully saturated rings. The maximum absolute atomic E-state index is 10.5. The van der Waals surface area contributed by atoms with Crippen molar-refractivity contribution in [2.24, 2.45) is 4.36 Å². The third-order valence-corrected chi connectivity index (χ3v) is 2.97. The highest BCUT2D eigenvalue weighted by Crippen LogP contribution is 2.20. The third kappa shape index (κ3) is 2.96. The lowest BCUT2D eigenvalue weighted by atomic mass is 10.1. The zero-order valence-corrected chi connectivity index (χ0v) is 10.4. The van der Waals surface area contributed by atoms with E-state index in [1.807, 2.05) is 4.90 Å². The zero-order chi connectivity index (χ0) is 13.0. The summed E-state index contributed by atoms with van der Waals surface area (Å²) < 4.78 is 34.7. The van der Waals surface area contributed by atoms with Crippen LogP contribution in [0.3, 0.4) is 0 Å². The van der Waals surface area contributed by atoms with Gasteiger partial charge in [0.15, 0.2) is 11.9 Å². The predicted molar refractivity (Wildman–Crippen MR) is 63.6 cm³/mol. The van der Waals surface area contributed by atoms with Crippen LogP contribution in [-0.4, -0.2) is 51.6 Å². The Bertz CT molecular complexity index is 509. The van der Waals surface area contributed by atoms with Gasteiger partial charge in [-0.05, 0) is 12.2 Å². The van der Waals surface area contributed by atoms with E-state index in [2.05, 4.69) is 4.36 Å². The van der Waals surface area contributed by atoms with Gasteiger partial charge in [-0.25, -0.2) is 0 Å². The van der Waals surface area contributed by atoms with Gasteiger partial charge in [0.25, 0.3) is 0 Å². The van der Waals surface area contributed by atoms with Gasteiger partial charge < -0.3 is 14.4 Å². The van der Waals surface area contributed by atoms with Crippen molar-refractivity contribution in [3.63, 3.8) is 0 Å². The second kappa shape index (κ2) is 5.78.